The van der Waals surface area contributed by atoms with E-state index in [4.69, 9.17) is 4.74 Å². The molecule has 1 fully saturated rings. The molecule has 2 aliphatic rings. The highest BCUT2D eigenvalue weighted by Crippen LogP contribution is 2.34. The maximum Gasteiger partial charge on any atom is 0.317 e. The second-order valence-electron chi connectivity index (χ2n) is 5.93. The largest absolute Gasteiger partial charge is 0.488 e. The second kappa shape index (κ2) is 5.35. The lowest BCUT2D eigenvalue weighted by atomic mass is 10.1. The van der Waals surface area contributed by atoms with Crippen LogP contribution >= 0.6 is 0 Å². The van der Waals surface area contributed by atoms with Crippen LogP contribution < -0.4 is 10.1 Å². The van der Waals surface area contributed by atoms with Crippen molar-refractivity contribution in [3.8, 4) is 5.75 Å². The van der Waals surface area contributed by atoms with Crippen molar-refractivity contribution in [1.82, 2.24) is 10.2 Å². The quantitative estimate of drug-likeness (QED) is 0.916. The lowest BCUT2D eigenvalue weighted by molar-refractivity contribution is 0.177. The predicted molar refractivity (Wildman–Crippen MR) is 77.9 cm³/mol. The summed E-state index contributed by atoms with van der Waals surface area (Å²) >= 11 is 0. The number of para-hydroxylation sites is 1. The topological polar surface area (TPSA) is 41.6 Å². The lowest BCUT2D eigenvalue weighted by Gasteiger charge is -2.25. The molecule has 1 aromatic carbocycles. The van der Waals surface area contributed by atoms with Gasteiger partial charge in [0.1, 0.15) is 11.9 Å². The minimum atomic E-state index is 0.00366. The van der Waals surface area contributed by atoms with E-state index in [1.54, 1.807) is 0 Å². The van der Waals surface area contributed by atoms with Gasteiger partial charge in [-0.2, -0.15) is 0 Å². The van der Waals surface area contributed by atoms with Crippen LogP contribution in [0, 0.1) is 5.92 Å². The Labute approximate surface area is 120 Å². The molecule has 4 nitrogen and oxygen atoms in total. The van der Waals surface area contributed by atoms with Gasteiger partial charge in [-0.3, -0.25) is 0 Å². The van der Waals surface area contributed by atoms with Gasteiger partial charge in [0, 0.05) is 19.5 Å². The summed E-state index contributed by atoms with van der Waals surface area (Å²) in [7, 11) is 1.88. The number of hydrogen-bond acceptors (Lipinski definition) is 2. The molecule has 1 aliphatic carbocycles. The molecule has 0 spiro atoms. The number of fused-ring (bicyclic) bond motifs is 1. The molecule has 1 N–H and O–H groups in total. The number of rotatable bonds is 4. The SMILES string of the molecule is CC(C1CC1)N(C)C(=O)NCC1Cc2ccccc2O1. The molecule has 3 rings (SSSR count). The van der Waals surface area contributed by atoms with Gasteiger partial charge in [-0.15, -0.1) is 0 Å². The molecule has 1 heterocycles. The summed E-state index contributed by atoms with van der Waals surface area (Å²) in [6.07, 6.45) is 3.43. The predicted octanol–water partition coefficient (Wildman–Crippen LogP) is 2.43. The Bertz CT molecular complexity index is 474. The Morgan fingerprint density at radius 3 is 2.90 bits per heavy atom. The summed E-state index contributed by atoms with van der Waals surface area (Å²) in [4.78, 5) is 13.9. The standard InChI is InChI=1S/C16H22N2O2/c1-11(12-7-8-12)18(2)16(19)17-10-14-9-13-5-3-4-6-15(13)20-14/h3-6,11-12,14H,7-10H2,1-2H3,(H,17,19). The summed E-state index contributed by atoms with van der Waals surface area (Å²) in [6.45, 7) is 2.69. The first-order chi connectivity index (χ1) is 9.65. The smallest absolute Gasteiger partial charge is 0.317 e. The van der Waals surface area contributed by atoms with Gasteiger partial charge >= 0.3 is 6.03 Å². The molecule has 2 unspecified atom stereocenters. The first kappa shape index (κ1) is 13.3. The Hall–Kier alpha value is -1.71. The molecule has 20 heavy (non-hydrogen) atoms. The Balaban J connectivity index is 1.47. The van der Waals surface area contributed by atoms with Crippen LogP contribution in [0.4, 0.5) is 4.79 Å². The normalized spacial score (nSPS) is 21.8. The van der Waals surface area contributed by atoms with Gasteiger partial charge in [-0.1, -0.05) is 18.2 Å². The summed E-state index contributed by atoms with van der Waals surface area (Å²) in [5, 5.41) is 2.98. The average molecular weight is 274 g/mol. The second-order valence-corrected chi connectivity index (χ2v) is 5.93. The van der Waals surface area contributed by atoms with Crippen molar-refractivity contribution in [1.29, 1.82) is 0 Å². The molecule has 4 heteroatoms. The van der Waals surface area contributed by atoms with Crippen molar-refractivity contribution in [2.24, 2.45) is 5.92 Å². The fraction of sp³-hybridized carbons (Fsp3) is 0.562. The van der Waals surface area contributed by atoms with Gasteiger partial charge in [0.25, 0.3) is 0 Å². The number of carbonyl (C=O) groups is 1. The van der Waals surface area contributed by atoms with E-state index in [2.05, 4.69) is 18.3 Å². The third-order valence-corrected chi connectivity index (χ3v) is 4.43. The average Bonchev–Trinajstić information content (AvgIpc) is 3.22. The molecule has 0 radical (unpaired) electrons. The van der Waals surface area contributed by atoms with E-state index >= 15 is 0 Å². The molecule has 0 bridgehead atoms. The van der Waals surface area contributed by atoms with E-state index in [1.807, 2.05) is 30.1 Å². The van der Waals surface area contributed by atoms with Gasteiger partial charge in [-0.05, 0) is 37.3 Å². The fourth-order valence-corrected chi connectivity index (χ4v) is 2.77. The van der Waals surface area contributed by atoms with Crippen LogP contribution in [0.3, 0.4) is 0 Å². The monoisotopic (exact) mass is 274 g/mol. The zero-order valence-corrected chi connectivity index (χ0v) is 12.1. The molecule has 1 saturated carbocycles. The van der Waals surface area contributed by atoms with Crippen molar-refractivity contribution < 1.29 is 9.53 Å². The highest BCUT2D eigenvalue weighted by molar-refractivity contribution is 5.74. The minimum absolute atomic E-state index is 0.00366. The Morgan fingerprint density at radius 1 is 1.45 bits per heavy atom. The molecular weight excluding hydrogens is 252 g/mol. The van der Waals surface area contributed by atoms with Gasteiger partial charge < -0.3 is 15.0 Å². The van der Waals surface area contributed by atoms with Crippen molar-refractivity contribution in [2.75, 3.05) is 13.6 Å². The maximum atomic E-state index is 12.1. The Kier molecular flexibility index (Phi) is 3.55. The van der Waals surface area contributed by atoms with Crippen LogP contribution in [0.2, 0.25) is 0 Å². The highest BCUT2D eigenvalue weighted by atomic mass is 16.5. The zero-order chi connectivity index (χ0) is 14.1. The van der Waals surface area contributed by atoms with Crippen LogP contribution in [-0.2, 0) is 6.42 Å². The number of hydrogen-bond donors (Lipinski definition) is 1. The zero-order valence-electron chi connectivity index (χ0n) is 12.1. The van der Waals surface area contributed by atoms with Crippen LogP contribution in [0.25, 0.3) is 0 Å². The summed E-state index contributed by atoms with van der Waals surface area (Å²) < 4.78 is 5.82. The summed E-state index contributed by atoms with van der Waals surface area (Å²) in [5.74, 6) is 1.64. The van der Waals surface area contributed by atoms with Gasteiger partial charge in [0.05, 0.1) is 6.54 Å². The Morgan fingerprint density at radius 2 is 2.20 bits per heavy atom. The van der Waals surface area contributed by atoms with Crippen molar-refractivity contribution in [2.45, 2.75) is 38.3 Å². The molecule has 1 aromatic rings. The van der Waals surface area contributed by atoms with E-state index in [0.29, 0.717) is 18.5 Å². The number of nitrogens with one attached hydrogen (secondary N) is 1. The van der Waals surface area contributed by atoms with E-state index < -0.39 is 0 Å². The van der Waals surface area contributed by atoms with E-state index in [0.717, 1.165) is 12.2 Å². The van der Waals surface area contributed by atoms with Crippen molar-refractivity contribution in [3.63, 3.8) is 0 Å². The number of urea groups is 1. The third-order valence-electron chi connectivity index (χ3n) is 4.43. The van der Waals surface area contributed by atoms with Gasteiger partial charge in [0.2, 0.25) is 0 Å². The summed E-state index contributed by atoms with van der Waals surface area (Å²) in [6, 6.07) is 8.40. The van der Waals surface area contributed by atoms with Crippen LogP contribution in [0.15, 0.2) is 24.3 Å². The third kappa shape index (κ3) is 2.74. The first-order valence-electron chi connectivity index (χ1n) is 7.40. The lowest BCUT2D eigenvalue weighted by Crippen LogP contribution is -2.46. The minimum Gasteiger partial charge on any atom is -0.488 e. The molecule has 0 saturated heterocycles. The van der Waals surface area contributed by atoms with E-state index in [1.165, 1.54) is 18.4 Å². The fourth-order valence-electron chi connectivity index (χ4n) is 2.77. The molecule has 2 amide bonds. The van der Waals surface area contributed by atoms with Gasteiger partial charge in [0.15, 0.2) is 0 Å². The van der Waals surface area contributed by atoms with Crippen molar-refractivity contribution >= 4 is 6.03 Å². The number of ether oxygens (including phenoxy) is 1. The van der Waals surface area contributed by atoms with Gasteiger partial charge in [-0.25, -0.2) is 4.79 Å². The summed E-state index contributed by atoms with van der Waals surface area (Å²) in [5.41, 5.74) is 1.23. The van der Waals surface area contributed by atoms with Crippen LogP contribution in [-0.4, -0.2) is 36.7 Å². The maximum absolute atomic E-state index is 12.1. The molecule has 2 atom stereocenters. The molecule has 1 aliphatic heterocycles. The molecular formula is C16H22N2O2. The van der Waals surface area contributed by atoms with Crippen LogP contribution in [0.1, 0.15) is 25.3 Å². The van der Waals surface area contributed by atoms with E-state index in [-0.39, 0.29) is 12.1 Å². The number of carbonyl (C=O) groups excluding carboxylic acids is 1. The van der Waals surface area contributed by atoms with E-state index in [9.17, 15) is 4.79 Å². The number of benzene rings is 1. The molecule has 108 valence electrons. The van der Waals surface area contributed by atoms with Crippen LogP contribution in [0.5, 0.6) is 5.75 Å². The highest BCUT2D eigenvalue weighted by Gasteiger charge is 2.32. The first-order valence-corrected chi connectivity index (χ1v) is 7.40. The molecule has 0 aromatic heterocycles. The van der Waals surface area contributed by atoms with Crippen molar-refractivity contribution in [3.05, 3.63) is 29.8 Å². The number of amides is 2. The number of nitrogens with zero attached hydrogens (tertiary/aromatic N) is 1.